The predicted molar refractivity (Wildman–Crippen MR) is 65.8 cm³/mol. The molecule has 3 heteroatoms. The lowest BCUT2D eigenvalue weighted by Gasteiger charge is -2.06. The number of amides is 1. The molecule has 0 aromatic heterocycles. The van der Waals surface area contributed by atoms with Gasteiger partial charge in [0.05, 0.1) is 0 Å². The molecule has 0 saturated carbocycles. The number of benzene rings is 2. The van der Waals surface area contributed by atoms with E-state index in [9.17, 15) is 4.79 Å². The molecule has 0 aliphatic carbocycles. The molecule has 3 nitrogen and oxygen atoms in total. The smallest absolute Gasteiger partial charge is 0.262 e. The van der Waals surface area contributed by atoms with Crippen LogP contribution in [0, 0.1) is 6.07 Å². The number of rotatable bonds is 4. The van der Waals surface area contributed by atoms with Gasteiger partial charge in [0, 0.05) is 5.69 Å². The molecule has 0 aliphatic rings. The highest BCUT2D eigenvalue weighted by Crippen LogP contribution is 2.08. The van der Waals surface area contributed by atoms with Crippen molar-refractivity contribution >= 4 is 11.6 Å². The van der Waals surface area contributed by atoms with E-state index in [1.165, 1.54) is 0 Å². The maximum atomic E-state index is 11.5. The first-order chi connectivity index (χ1) is 8.34. The highest BCUT2D eigenvalue weighted by molar-refractivity contribution is 5.91. The largest absolute Gasteiger partial charge is 0.484 e. The number of carbonyl (C=O) groups excluding carboxylic acids is 1. The monoisotopic (exact) mass is 226 g/mol. The molecule has 0 aliphatic heterocycles. The van der Waals surface area contributed by atoms with Crippen molar-refractivity contribution < 1.29 is 9.53 Å². The SMILES string of the molecule is O=C(COc1ccccc1)Nc1c[c]ccc1. The zero-order valence-corrected chi connectivity index (χ0v) is 9.22. The third kappa shape index (κ3) is 3.65. The summed E-state index contributed by atoms with van der Waals surface area (Å²) in [6.45, 7) is -0.00108. The number of carbonyl (C=O) groups is 1. The van der Waals surface area contributed by atoms with E-state index in [0.717, 1.165) is 0 Å². The van der Waals surface area contributed by atoms with Gasteiger partial charge in [-0.3, -0.25) is 4.79 Å². The summed E-state index contributed by atoms with van der Waals surface area (Å²) < 4.78 is 5.32. The van der Waals surface area contributed by atoms with Crippen LogP contribution >= 0.6 is 0 Å². The fourth-order valence-electron chi connectivity index (χ4n) is 1.33. The summed E-state index contributed by atoms with van der Waals surface area (Å²) >= 11 is 0. The minimum Gasteiger partial charge on any atom is -0.484 e. The van der Waals surface area contributed by atoms with Crippen LogP contribution in [0.4, 0.5) is 5.69 Å². The molecule has 0 bridgehead atoms. The standard InChI is InChI=1S/C14H12NO2/c16-14(15-12-7-3-1-4-8-12)11-17-13-9-5-2-6-10-13/h1-3,5-10H,11H2,(H,15,16). The fourth-order valence-corrected chi connectivity index (χ4v) is 1.33. The summed E-state index contributed by atoms with van der Waals surface area (Å²) in [5.74, 6) is 0.496. The topological polar surface area (TPSA) is 38.3 Å². The molecule has 1 radical (unpaired) electrons. The van der Waals surface area contributed by atoms with Crippen molar-refractivity contribution in [3.05, 3.63) is 60.7 Å². The first kappa shape index (κ1) is 11.2. The highest BCUT2D eigenvalue weighted by atomic mass is 16.5. The van der Waals surface area contributed by atoms with E-state index in [-0.39, 0.29) is 12.5 Å². The van der Waals surface area contributed by atoms with Crippen LogP contribution in [0.1, 0.15) is 0 Å². The minimum atomic E-state index is -0.187. The maximum absolute atomic E-state index is 11.5. The normalized spacial score (nSPS) is 9.65. The van der Waals surface area contributed by atoms with Gasteiger partial charge in [-0.1, -0.05) is 30.3 Å². The van der Waals surface area contributed by atoms with E-state index in [4.69, 9.17) is 4.74 Å². The van der Waals surface area contributed by atoms with Crippen LogP contribution in [0.2, 0.25) is 0 Å². The number of para-hydroxylation sites is 1. The van der Waals surface area contributed by atoms with E-state index >= 15 is 0 Å². The molecule has 0 atom stereocenters. The molecule has 0 unspecified atom stereocenters. The average Bonchev–Trinajstić information content (AvgIpc) is 2.39. The predicted octanol–water partition coefficient (Wildman–Crippen LogP) is 2.50. The lowest BCUT2D eigenvalue weighted by Crippen LogP contribution is -2.19. The van der Waals surface area contributed by atoms with Gasteiger partial charge in [-0.2, -0.15) is 0 Å². The van der Waals surface area contributed by atoms with Crippen molar-refractivity contribution in [1.82, 2.24) is 0 Å². The second-order valence-corrected chi connectivity index (χ2v) is 3.44. The number of nitrogens with one attached hydrogen (secondary N) is 1. The van der Waals surface area contributed by atoms with E-state index in [2.05, 4.69) is 11.4 Å². The third-order valence-corrected chi connectivity index (χ3v) is 2.10. The first-order valence-corrected chi connectivity index (χ1v) is 5.28. The third-order valence-electron chi connectivity index (χ3n) is 2.10. The Bertz CT molecular complexity index is 468. The highest BCUT2D eigenvalue weighted by Gasteiger charge is 2.02. The van der Waals surface area contributed by atoms with Gasteiger partial charge in [-0.05, 0) is 30.3 Å². The van der Waals surface area contributed by atoms with Crippen molar-refractivity contribution in [2.24, 2.45) is 0 Å². The number of hydrogen-bond donors (Lipinski definition) is 1. The van der Waals surface area contributed by atoms with Crippen LogP contribution in [-0.4, -0.2) is 12.5 Å². The molecule has 2 rings (SSSR count). The summed E-state index contributed by atoms with van der Waals surface area (Å²) in [5, 5.41) is 2.72. The van der Waals surface area contributed by atoms with Crippen LogP contribution in [0.3, 0.4) is 0 Å². The van der Waals surface area contributed by atoms with Gasteiger partial charge in [0.1, 0.15) is 5.75 Å². The van der Waals surface area contributed by atoms with Gasteiger partial charge in [0.15, 0.2) is 6.61 Å². The maximum Gasteiger partial charge on any atom is 0.262 e. The van der Waals surface area contributed by atoms with E-state index in [1.54, 1.807) is 18.2 Å². The minimum absolute atomic E-state index is 0.00108. The molecule has 0 saturated heterocycles. The Morgan fingerprint density at radius 3 is 2.71 bits per heavy atom. The van der Waals surface area contributed by atoms with Gasteiger partial charge in [0.25, 0.3) is 5.91 Å². The second kappa shape index (κ2) is 5.70. The van der Waals surface area contributed by atoms with Crippen molar-refractivity contribution in [3.8, 4) is 5.75 Å². The molecule has 1 N–H and O–H groups in total. The summed E-state index contributed by atoms with van der Waals surface area (Å²) in [6, 6.07) is 19.2. The molecule has 0 heterocycles. The molecular formula is C14H12NO2. The van der Waals surface area contributed by atoms with Gasteiger partial charge in [-0.25, -0.2) is 0 Å². The van der Waals surface area contributed by atoms with Crippen LogP contribution < -0.4 is 10.1 Å². The molecule has 17 heavy (non-hydrogen) atoms. The lowest BCUT2D eigenvalue weighted by atomic mass is 10.3. The molecule has 2 aromatic rings. The second-order valence-electron chi connectivity index (χ2n) is 3.44. The Kier molecular flexibility index (Phi) is 3.76. The van der Waals surface area contributed by atoms with Gasteiger partial charge < -0.3 is 10.1 Å². The van der Waals surface area contributed by atoms with Crippen molar-refractivity contribution in [2.75, 3.05) is 11.9 Å². The van der Waals surface area contributed by atoms with E-state index < -0.39 is 0 Å². The molecule has 2 aromatic carbocycles. The zero-order chi connectivity index (χ0) is 11.9. The van der Waals surface area contributed by atoms with Crippen molar-refractivity contribution in [1.29, 1.82) is 0 Å². The zero-order valence-electron chi connectivity index (χ0n) is 9.22. The van der Waals surface area contributed by atoms with E-state index in [0.29, 0.717) is 11.4 Å². The lowest BCUT2D eigenvalue weighted by molar-refractivity contribution is -0.118. The summed E-state index contributed by atoms with van der Waals surface area (Å²) in [5.41, 5.74) is 0.717. The van der Waals surface area contributed by atoms with Crippen LogP contribution in [0.25, 0.3) is 0 Å². The van der Waals surface area contributed by atoms with Crippen LogP contribution in [0.15, 0.2) is 54.6 Å². The Morgan fingerprint density at radius 1 is 1.18 bits per heavy atom. The number of anilines is 1. The summed E-state index contributed by atoms with van der Waals surface area (Å²) in [7, 11) is 0. The molecule has 0 spiro atoms. The van der Waals surface area contributed by atoms with Gasteiger partial charge in [-0.15, -0.1) is 0 Å². The first-order valence-electron chi connectivity index (χ1n) is 5.28. The molecule has 0 fully saturated rings. The van der Waals surface area contributed by atoms with Crippen LogP contribution in [-0.2, 0) is 4.79 Å². The van der Waals surface area contributed by atoms with Crippen molar-refractivity contribution in [3.63, 3.8) is 0 Å². The Hall–Kier alpha value is -2.29. The number of ether oxygens (including phenoxy) is 1. The Balaban J connectivity index is 1.83. The average molecular weight is 226 g/mol. The molecular weight excluding hydrogens is 214 g/mol. The Morgan fingerprint density at radius 2 is 2.00 bits per heavy atom. The molecule has 85 valence electrons. The van der Waals surface area contributed by atoms with Crippen LogP contribution in [0.5, 0.6) is 5.75 Å². The quantitative estimate of drug-likeness (QED) is 0.869. The van der Waals surface area contributed by atoms with Gasteiger partial charge in [0.2, 0.25) is 0 Å². The summed E-state index contributed by atoms with van der Waals surface area (Å²) in [4.78, 5) is 11.5. The fraction of sp³-hybridized carbons (Fsp3) is 0.0714. The van der Waals surface area contributed by atoms with E-state index in [1.807, 2.05) is 36.4 Å². The Labute approximate surface area is 100 Å². The summed E-state index contributed by atoms with van der Waals surface area (Å²) in [6.07, 6.45) is 0. The molecule has 1 amide bonds. The van der Waals surface area contributed by atoms with Crippen molar-refractivity contribution in [2.45, 2.75) is 0 Å². The number of hydrogen-bond acceptors (Lipinski definition) is 2. The van der Waals surface area contributed by atoms with Gasteiger partial charge >= 0.3 is 0 Å².